The third-order valence-electron chi connectivity index (χ3n) is 3.62. The average molecular weight is 293 g/mol. The van der Waals surface area contributed by atoms with Crippen molar-refractivity contribution < 1.29 is 24.2 Å². The van der Waals surface area contributed by atoms with E-state index in [9.17, 15) is 9.59 Å². The topological polar surface area (TPSA) is 76.1 Å². The lowest BCUT2D eigenvalue weighted by molar-refractivity contribution is -0.146. The van der Waals surface area contributed by atoms with Crippen LogP contribution in [0.4, 0.5) is 0 Å². The van der Waals surface area contributed by atoms with E-state index in [1.165, 1.54) is 4.90 Å². The predicted octanol–water partition coefficient (Wildman–Crippen LogP) is 1.01. The largest absolute Gasteiger partial charge is 0.481 e. The lowest BCUT2D eigenvalue weighted by Crippen LogP contribution is -2.48. The molecule has 1 aromatic rings. The fourth-order valence-electron chi connectivity index (χ4n) is 2.36. The van der Waals surface area contributed by atoms with Gasteiger partial charge in [0.1, 0.15) is 11.7 Å². The van der Waals surface area contributed by atoms with E-state index in [0.717, 1.165) is 0 Å². The molecule has 2 rings (SSSR count). The van der Waals surface area contributed by atoms with E-state index < -0.39 is 24.0 Å². The number of aliphatic carboxylic acids is 1. The second-order valence-corrected chi connectivity index (χ2v) is 5.07. The minimum atomic E-state index is -0.950. The van der Waals surface area contributed by atoms with Gasteiger partial charge < -0.3 is 19.5 Å². The number of carboxylic acids is 1. The van der Waals surface area contributed by atoms with Crippen LogP contribution in [-0.2, 0) is 14.3 Å². The van der Waals surface area contributed by atoms with Crippen LogP contribution in [-0.4, -0.2) is 54.3 Å². The summed E-state index contributed by atoms with van der Waals surface area (Å²) in [6.07, 6.45) is -0.688. The van der Waals surface area contributed by atoms with Gasteiger partial charge in [0.25, 0.3) is 5.91 Å². The van der Waals surface area contributed by atoms with E-state index in [-0.39, 0.29) is 19.1 Å². The minimum Gasteiger partial charge on any atom is -0.481 e. The van der Waals surface area contributed by atoms with Crippen molar-refractivity contribution in [2.24, 2.45) is 5.92 Å². The first-order valence-corrected chi connectivity index (χ1v) is 6.79. The summed E-state index contributed by atoms with van der Waals surface area (Å²) in [5.74, 6) is -1.30. The molecule has 1 N–H and O–H groups in total. The maximum absolute atomic E-state index is 12.4. The van der Waals surface area contributed by atoms with Crippen LogP contribution in [0.15, 0.2) is 30.3 Å². The summed E-state index contributed by atoms with van der Waals surface area (Å²) in [5, 5.41) is 9.14. The van der Waals surface area contributed by atoms with Crippen LogP contribution < -0.4 is 4.74 Å². The molecular formula is C15H19NO5. The number of para-hydroxylation sites is 1. The highest BCUT2D eigenvalue weighted by molar-refractivity contribution is 5.82. The summed E-state index contributed by atoms with van der Waals surface area (Å²) in [4.78, 5) is 24.9. The summed E-state index contributed by atoms with van der Waals surface area (Å²) in [7, 11) is 1.59. The molecule has 1 saturated heterocycles. The highest BCUT2D eigenvalue weighted by Gasteiger charge is 2.39. The normalized spacial score (nSPS) is 22.6. The van der Waals surface area contributed by atoms with Gasteiger partial charge in [-0.3, -0.25) is 9.59 Å². The Hall–Kier alpha value is -2.08. The van der Waals surface area contributed by atoms with E-state index >= 15 is 0 Å². The van der Waals surface area contributed by atoms with Gasteiger partial charge in [-0.2, -0.15) is 0 Å². The standard InChI is InChI=1S/C15H19NO5/c1-10(21-11-6-4-3-5-7-11)14(17)16(2)13-9-20-8-12(13)15(18)19/h3-7,10,12-13H,8-9H2,1-2H3,(H,18,19). The molecule has 21 heavy (non-hydrogen) atoms. The molecule has 1 heterocycles. The molecule has 0 aromatic heterocycles. The average Bonchev–Trinajstić information content (AvgIpc) is 2.96. The van der Waals surface area contributed by atoms with Crippen molar-refractivity contribution in [3.05, 3.63) is 30.3 Å². The highest BCUT2D eigenvalue weighted by atomic mass is 16.5. The van der Waals surface area contributed by atoms with E-state index in [1.807, 2.05) is 18.2 Å². The van der Waals surface area contributed by atoms with Crippen molar-refractivity contribution in [3.8, 4) is 5.75 Å². The fourth-order valence-corrected chi connectivity index (χ4v) is 2.36. The van der Waals surface area contributed by atoms with Gasteiger partial charge in [0.2, 0.25) is 0 Å². The molecule has 114 valence electrons. The Balaban J connectivity index is 2.00. The monoisotopic (exact) mass is 293 g/mol. The van der Waals surface area contributed by atoms with Crippen molar-refractivity contribution >= 4 is 11.9 Å². The summed E-state index contributed by atoms with van der Waals surface area (Å²) in [6.45, 7) is 2.01. The van der Waals surface area contributed by atoms with Crippen LogP contribution in [0.2, 0.25) is 0 Å². The Morgan fingerprint density at radius 3 is 2.62 bits per heavy atom. The van der Waals surface area contributed by atoms with Crippen LogP contribution in [0.3, 0.4) is 0 Å². The van der Waals surface area contributed by atoms with E-state index in [2.05, 4.69) is 0 Å². The van der Waals surface area contributed by atoms with Crippen LogP contribution in [0, 0.1) is 5.92 Å². The lowest BCUT2D eigenvalue weighted by atomic mass is 10.0. The lowest BCUT2D eigenvalue weighted by Gasteiger charge is -2.28. The molecule has 6 heteroatoms. The molecule has 6 nitrogen and oxygen atoms in total. The van der Waals surface area contributed by atoms with Gasteiger partial charge in [0.05, 0.1) is 19.3 Å². The first-order chi connectivity index (χ1) is 10.0. The fraction of sp³-hybridized carbons (Fsp3) is 0.467. The molecule has 1 aliphatic rings. The molecule has 0 bridgehead atoms. The molecule has 1 aromatic carbocycles. The van der Waals surface area contributed by atoms with E-state index in [1.54, 1.807) is 26.1 Å². The maximum atomic E-state index is 12.4. The Morgan fingerprint density at radius 2 is 2.00 bits per heavy atom. The number of carbonyl (C=O) groups excluding carboxylic acids is 1. The van der Waals surface area contributed by atoms with Gasteiger partial charge in [-0.1, -0.05) is 18.2 Å². The van der Waals surface area contributed by atoms with Gasteiger partial charge in [-0.15, -0.1) is 0 Å². The summed E-state index contributed by atoms with van der Waals surface area (Å²) < 4.78 is 10.8. The van der Waals surface area contributed by atoms with Crippen LogP contribution in [0.25, 0.3) is 0 Å². The van der Waals surface area contributed by atoms with Crippen LogP contribution >= 0.6 is 0 Å². The number of hydrogen-bond donors (Lipinski definition) is 1. The van der Waals surface area contributed by atoms with Crippen molar-refractivity contribution in [1.29, 1.82) is 0 Å². The van der Waals surface area contributed by atoms with Gasteiger partial charge in [-0.25, -0.2) is 0 Å². The zero-order chi connectivity index (χ0) is 15.4. The molecule has 0 spiro atoms. The quantitative estimate of drug-likeness (QED) is 0.877. The minimum absolute atomic E-state index is 0.130. The zero-order valence-electron chi connectivity index (χ0n) is 12.1. The molecule has 1 aliphatic heterocycles. The number of rotatable bonds is 5. The Morgan fingerprint density at radius 1 is 1.33 bits per heavy atom. The number of hydrogen-bond acceptors (Lipinski definition) is 4. The molecule has 0 saturated carbocycles. The third kappa shape index (κ3) is 3.52. The van der Waals surface area contributed by atoms with Crippen molar-refractivity contribution in [2.75, 3.05) is 20.3 Å². The summed E-state index contributed by atoms with van der Waals surface area (Å²) in [6, 6.07) is 8.57. The van der Waals surface area contributed by atoms with E-state index in [0.29, 0.717) is 5.75 Å². The number of carbonyl (C=O) groups is 2. The van der Waals surface area contributed by atoms with E-state index in [4.69, 9.17) is 14.6 Å². The molecule has 3 unspecified atom stereocenters. The van der Waals surface area contributed by atoms with Gasteiger partial charge in [-0.05, 0) is 19.1 Å². The van der Waals surface area contributed by atoms with Crippen molar-refractivity contribution in [1.82, 2.24) is 4.90 Å². The number of ether oxygens (including phenoxy) is 2. The number of likely N-dealkylation sites (N-methyl/N-ethyl adjacent to an activating group) is 1. The number of benzene rings is 1. The highest BCUT2D eigenvalue weighted by Crippen LogP contribution is 2.20. The summed E-state index contributed by atoms with van der Waals surface area (Å²) >= 11 is 0. The second kappa shape index (κ2) is 6.58. The molecule has 3 atom stereocenters. The van der Waals surface area contributed by atoms with Crippen LogP contribution in [0.1, 0.15) is 6.92 Å². The van der Waals surface area contributed by atoms with Gasteiger partial charge >= 0.3 is 5.97 Å². The van der Waals surface area contributed by atoms with Gasteiger partial charge in [0, 0.05) is 7.05 Å². The smallest absolute Gasteiger partial charge is 0.311 e. The third-order valence-corrected chi connectivity index (χ3v) is 3.62. The maximum Gasteiger partial charge on any atom is 0.311 e. The molecule has 0 aliphatic carbocycles. The Labute approximate surface area is 123 Å². The molecule has 1 amide bonds. The molecule has 1 fully saturated rings. The number of amides is 1. The number of carboxylic acid groups (broad SMARTS) is 1. The second-order valence-electron chi connectivity index (χ2n) is 5.07. The number of nitrogens with zero attached hydrogens (tertiary/aromatic N) is 1. The molecular weight excluding hydrogens is 274 g/mol. The first-order valence-electron chi connectivity index (χ1n) is 6.79. The first kappa shape index (κ1) is 15.3. The van der Waals surface area contributed by atoms with Crippen molar-refractivity contribution in [3.63, 3.8) is 0 Å². The zero-order valence-corrected chi connectivity index (χ0v) is 12.1. The van der Waals surface area contributed by atoms with Gasteiger partial charge in [0.15, 0.2) is 6.10 Å². The Bertz CT molecular complexity index is 504. The Kier molecular flexibility index (Phi) is 4.80. The van der Waals surface area contributed by atoms with Crippen LogP contribution in [0.5, 0.6) is 5.75 Å². The SMILES string of the molecule is CC(Oc1ccccc1)C(=O)N(C)C1COCC1C(=O)O. The predicted molar refractivity (Wildman–Crippen MR) is 75.0 cm³/mol. The summed E-state index contributed by atoms with van der Waals surface area (Å²) in [5.41, 5.74) is 0. The molecule has 0 radical (unpaired) electrons. The van der Waals surface area contributed by atoms with Crippen molar-refractivity contribution in [2.45, 2.75) is 19.1 Å².